The normalized spacial score (nSPS) is 20.3. The number of hydrogen-bond donors (Lipinski definition) is 0. The van der Waals surface area contributed by atoms with Gasteiger partial charge < -0.3 is 9.74 Å². The molecule has 7 nitrogen and oxygen atoms in total. The van der Waals surface area contributed by atoms with Gasteiger partial charge in [0.25, 0.3) is 11.0 Å². The van der Waals surface area contributed by atoms with Gasteiger partial charge in [0.2, 0.25) is 5.78 Å². The van der Waals surface area contributed by atoms with E-state index in [0.717, 1.165) is 12.8 Å². The van der Waals surface area contributed by atoms with Crippen LogP contribution in [0.2, 0.25) is 0 Å². The second kappa shape index (κ2) is 5.43. The molecule has 0 spiro atoms. The number of carbonyl (C=O) groups is 2. The zero-order chi connectivity index (χ0) is 12.1. The largest absolute Gasteiger partial charge is 0.331 e. The number of hydrogen-bond acceptors (Lipinski definition) is 5. The minimum absolute atomic E-state index is 0.161. The summed E-state index contributed by atoms with van der Waals surface area (Å²) in [6.45, 7) is 1.50. The number of carbonyl (C=O) groups excluding carboxylic acids is 2. The van der Waals surface area contributed by atoms with E-state index in [0.29, 0.717) is 13.0 Å². The molecule has 1 rings (SSSR count). The second-order valence-corrected chi connectivity index (χ2v) is 3.72. The maximum atomic E-state index is 11.5. The third-order valence-corrected chi connectivity index (χ3v) is 2.56. The van der Waals surface area contributed by atoms with Crippen LogP contribution in [0.5, 0.6) is 0 Å². The van der Waals surface area contributed by atoms with Gasteiger partial charge in [-0.15, -0.1) is 10.1 Å². The summed E-state index contributed by atoms with van der Waals surface area (Å²) in [6, 6.07) is -0.365. The maximum absolute atomic E-state index is 11.5. The lowest BCUT2D eigenvalue weighted by Gasteiger charge is -2.34. The molecule has 1 saturated heterocycles. The van der Waals surface area contributed by atoms with Crippen LogP contribution in [0.15, 0.2) is 0 Å². The Morgan fingerprint density at radius 3 is 2.75 bits per heavy atom. The van der Waals surface area contributed by atoms with Gasteiger partial charge >= 0.3 is 0 Å². The van der Waals surface area contributed by atoms with Crippen molar-refractivity contribution < 1.29 is 19.5 Å². The van der Waals surface area contributed by atoms with Crippen molar-refractivity contribution in [2.45, 2.75) is 32.2 Å². The van der Waals surface area contributed by atoms with E-state index in [2.05, 4.69) is 4.84 Å². The Kier molecular flexibility index (Phi) is 4.21. The number of amides is 1. The van der Waals surface area contributed by atoms with Crippen LogP contribution in [0.4, 0.5) is 0 Å². The number of likely N-dealkylation sites (tertiary alicyclic amines) is 1. The lowest BCUT2D eigenvalue weighted by Crippen LogP contribution is -2.48. The smallest absolute Gasteiger partial charge is 0.294 e. The van der Waals surface area contributed by atoms with Crippen molar-refractivity contribution in [2.24, 2.45) is 0 Å². The molecule has 0 radical (unpaired) electrons. The SMILES string of the molecule is CC(=O)C(=O)N1CCCCC1CO[N+](=O)[O-]. The highest BCUT2D eigenvalue weighted by Crippen LogP contribution is 2.17. The molecular weight excluding hydrogens is 216 g/mol. The highest BCUT2D eigenvalue weighted by molar-refractivity contribution is 6.35. The Hall–Kier alpha value is -1.66. The summed E-state index contributed by atoms with van der Waals surface area (Å²) in [6.07, 6.45) is 2.33. The molecule has 1 heterocycles. The highest BCUT2D eigenvalue weighted by atomic mass is 16.9. The second-order valence-electron chi connectivity index (χ2n) is 3.72. The van der Waals surface area contributed by atoms with Gasteiger partial charge in [-0.3, -0.25) is 9.59 Å². The summed E-state index contributed by atoms with van der Waals surface area (Å²) in [4.78, 5) is 38.2. The van der Waals surface area contributed by atoms with Gasteiger partial charge in [-0.1, -0.05) is 0 Å². The molecule has 90 valence electrons. The molecule has 0 aromatic rings. The van der Waals surface area contributed by atoms with Crippen molar-refractivity contribution in [1.82, 2.24) is 4.90 Å². The minimum Gasteiger partial charge on any atom is -0.331 e. The lowest BCUT2D eigenvalue weighted by atomic mass is 10.0. The van der Waals surface area contributed by atoms with Crippen molar-refractivity contribution >= 4 is 11.7 Å². The highest BCUT2D eigenvalue weighted by Gasteiger charge is 2.29. The van der Waals surface area contributed by atoms with Crippen molar-refractivity contribution in [1.29, 1.82) is 0 Å². The fourth-order valence-electron chi connectivity index (χ4n) is 1.79. The van der Waals surface area contributed by atoms with E-state index in [1.165, 1.54) is 11.8 Å². The number of nitrogens with zero attached hydrogens (tertiary/aromatic N) is 2. The van der Waals surface area contributed by atoms with E-state index < -0.39 is 16.8 Å². The number of ketones is 1. The van der Waals surface area contributed by atoms with Gasteiger partial charge in [-0.05, 0) is 19.3 Å². The molecule has 0 aromatic carbocycles. The predicted octanol–water partition coefficient (Wildman–Crippen LogP) is 0.165. The van der Waals surface area contributed by atoms with Crippen LogP contribution in [-0.4, -0.2) is 40.9 Å². The summed E-state index contributed by atoms with van der Waals surface area (Å²) in [5.41, 5.74) is 0. The zero-order valence-electron chi connectivity index (χ0n) is 9.05. The molecule has 1 atom stereocenters. The van der Waals surface area contributed by atoms with Gasteiger partial charge in [0, 0.05) is 13.5 Å². The third kappa shape index (κ3) is 3.18. The maximum Gasteiger partial charge on any atom is 0.294 e. The average Bonchev–Trinajstić information content (AvgIpc) is 2.25. The Balaban J connectivity index is 2.60. The predicted molar refractivity (Wildman–Crippen MR) is 53.0 cm³/mol. The van der Waals surface area contributed by atoms with Crippen LogP contribution in [-0.2, 0) is 14.4 Å². The van der Waals surface area contributed by atoms with Crippen molar-refractivity contribution in [3.63, 3.8) is 0 Å². The first-order chi connectivity index (χ1) is 7.52. The molecule has 1 aliphatic heterocycles. The number of Topliss-reactive ketones (excluding diaryl/α,β-unsaturated/α-hetero) is 1. The Morgan fingerprint density at radius 1 is 1.50 bits per heavy atom. The van der Waals surface area contributed by atoms with E-state index >= 15 is 0 Å². The van der Waals surface area contributed by atoms with Crippen molar-refractivity contribution in [3.05, 3.63) is 10.1 Å². The summed E-state index contributed by atoms with van der Waals surface area (Å²) < 4.78 is 0. The van der Waals surface area contributed by atoms with Gasteiger partial charge in [0.1, 0.15) is 6.61 Å². The average molecular weight is 230 g/mol. The molecule has 1 amide bonds. The summed E-state index contributed by atoms with van der Waals surface area (Å²) in [5, 5.41) is 9.18. The van der Waals surface area contributed by atoms with Crippen LogP contribution >= 0.6 is 0 Å². The van der Waals surface area contributed by atoms with E-state index in [1.54, 1.807) is 0 Å². The minimum atomic E-state index is -0.884. The molecule has 1 fully saturated rings. The van der Waals surface area contributed by atoms with E-state index in [9.17, 15) is 19.7 Å². The van der Waals surface area contributed by atoms with Gasteiger partial charge in [0.05, 0.1) is 6.04 Å². The third-order valence-electron chi connectivity index (χ3n) is 2.56. The first-order valence-electron chi connectivity index (χ1n) is 5.11. The quantitative estimate of drug-likeness (QED) is 0.390. The van der Waals surface area contributed by atoms with E-state index in [1.807, 2.05) is 0 Å². The Bertz CT molecular complexity index is 304. The number of rotatable bonds is 4. The van der Waals surface area contributed by atoms with Gasteiger partial charge in [-0.25, -0.2) is 0 Å². The van der Waals surface area contributed by atoms with Crippen molar-refractivity contribution in [3.8, 4) is 0 Å². The first kappa shape index (κ1) is 12.4. The topological polar surface area (TPSA) is 89.8 Å². The zero-order valence-corrected chi connectivity index (χ0v) is 9.05. The fraction of sp³-hybridized carbons (Fsp3) is 0.778. The monoisotopic (exact) mass is 230 g/mol. The molecule has 1 aliphatic rings. The number of piperidine rings is 1. The molecule has 0 N–H and O–H groups in total. The van der Waals surface area contributed by atoms with Crippen LogP contribution in [0.25, 0.3) is 0 Å². The molecule has 0 saturated carbocycles. The van der Waals surface area contributed by atoms with E-state index in [-0.39, 0.29) is 12.6 Å². The summed E-state index contributed by atoms with van der Waals surface area (Å²) in [5.74, 6) is -1.13. The van der Waals surface area contributed by atoms with Crippen LogP contribution < -0.4 is 0 Å². The van der Waals surface area contributed by atoms with E-state index in [4.69, 9.17) is 0 Å². The standard InChI is InChI=1S/C9H14N2O5/c1-7(12)9(13)10-5-3-2-4-8(10)6-16-11(14)15/h8H,2-6H2,1H3. The van der Waals surface area contributed by atoms with Gasteiger partial charge in [0.15, 0.2) is 0 Å². The first-order valence-corrected chi connectivity index (χ1v) is 5.11. The summed E-state index contributed by atoms with van der Waals surface area (Å²) >= 11 is 0. The molecule has 0 aromatic heterocycles. The molecule has 0 aliphatic carbocycles. The Morgan fingerprint density at radius 2 is 2.19 bits per heavy atom. The summed E-state index contributed by atoms with van der Waals surface area (Å²) in [7, 11) is 0. The molecular formula is C9H14N2O5. The van der Waals surface area contributed by atoms with Crippen molar-refractivity contribution in [2.75, 3.05) is 13.2 Å². The Labute approximate surface area is 92.5 Å². The van der Waals surface area contributed by atoms with Crippen LogP contribution in [0, 0.1) is 10.1 Å². The fourth-order valence-corrected chi connectivity index (χ4v) is 1.79. The van der Waals surface area contributed by atoms with Crippen LogP contribution in [0.1, 0.15) is 26.2 Å². The lowest BCUT2D eigenvalue weighted by molar-refractivity contribution is -0.758. The van der Waals surface area contributed by atoms with Crippen LogP contribution in [0.3, 0.4) is 0 Å². The van der Waals surface area contributed by atoms with Gasteiger partial charge in [-0.2, -0.15) is 0 Å². The molecule has 1 unspecified atom stereocenters. The molecule has 16 heavy (non-hydrogen) atoms. The molecule has 7 heteroatoms. The molecule has 0 bridgehead atoms.